The van der Waals surface area contributed by atoms with Crippen LogP contribution >= 0.6 is 0 Å². The van der Waals surface area contributed by atoms with E-state index in [4.69, 9.17) is 4.98 Å². The van der Waals surface area contributed by atoms with E-state index in [1.165, 1.54) is 0 Å². The summed E-state index contributed by atoms with van der Waals surface area (Å²) in [5.41, 5.74) is 4.48. The van der Waals surface area contributed by atoms with Gasteiger partial charge in [-0.15, -0.1) is 0 Å². The number of rotatable bonds is 2. The lowest BCUT2D eigenvalue weighted by Gasteiger charge is -2.04. The molecule has 0 saturated carbocycles. The normalized spacial score (nSPS) is 11.2. The average Bonchev–Trinajstić information content (AvgIpc) is 2.89. The molecular formula is C20H18N4O. The number of carbonyl (C=O) groups is 1. The minimum absolute atomic E-state index is 0.173. The van der Waals surface area contributed by atoms with Crippen molar-refractivity contribution < 1.29 is 4.79 Å². The van der Waals surface area contributed by atoms with Gasteiger partial charge in [0.1, 0.15) is 0 Å². The first-order valence-corrected chi connectivity index (χ1v) is 8.14. The third-order valence-corrected chi connectivity index (χ3v) is 4.35. The zero-order chi connectivity index (χ0) is 17.6. The van der Waals surface area contributed by atoms with Crippen molar-refractivity contribution in [3.05, 3.63) is 65.2 Å². The van der Waals surface area contributed by atoms with Crippen LogP contribution in [-0.2, 0) is 7.05 Å². The Morgan fingerprint density at radius 2 is 1.88 bits per heavy atom. The van der Waals surface area contributed by atoms with E-state index >= 15 is 0 Å². The van der Waals surface area contributed by atoms with E-state index in [9.17, 15) is 4.79 Å². The molecule has 4 aromatic rings. The van der Waals surface area contributed by atoms with E-state index in [1.54, 1.807) is 10.7 Å². The Bertz CT molecular complexity index is 1130. The predicted molar refractivity (Wildman–Crippen MR) is 99.9 cm³/mol. The smallest absolute Gasteiger partial charge is 0.256 e. The van der Waals surface area contributed by atoms with Crippen molar-refractivity contribution in [2.24, 2.45) is 7.05 Å². The molecule has 0 aliphatic carbocycles. The van der Waals surface area contributed by atoms with Gasteiger partial charge in [-0.05, 0) is 37.6 Å². The van der Waals surface area contributed by atoms with Crippen molar-refractivity contribution in [3.63, 3.8) is 0 Å². The quantitative estimate of drug-likeness (QED) is 0.604. The molecule has 0 spiro atoms. The summed E-state index contributed by atoms with van der Waals surface area (Å²) >= 11 is 0. The number of para-hydroxylation sites is 1. The fraction of sp³-hybridized carbons (Fsp3) is 0.150. The highest BCUT2D eigenvalue weighted by atomic mass is 16.1. The van der Waals surface area contributed by atoms with Crippen molar-refractivity contribution in [3.8, 4) is 0 Å². The van der Waals surface area contributed by atoms with Crippen LogP contribution in [0.25, 0.3) is 21.9 Å². The molecule has 0 unspecified atom stereocenters. The maximum absolute atomic E-state index is 12.6. The standard InChI is InChI=1S/C20H18N4O/c1-12-6-4-9-15(10-12)20(25)22-18-16-11-14-8-5-7-13(2)17(14)21-19(16)24(3)23-18/h4-11H,1-3H3,(H,22,23,25). The maximum Gasteiger partial charge on any atom is 0.256 e. The molecule has 0 bridgehead atoms. The Kier molecular flexibility index (Phi) is 3.50. The molecule has 2 aromatic carbocycles. The highest BCUT2D eigenvalue weighted by Crippen LogP contribution is 2.27. The lowest BCUT2D eigenvalue weighted by Crippen LogP contribution is -2.12. The number of pyridine rings is 1. The van der Waals surface area contributed by atoms with Crippen LogP contribution in [0.1, 0.15) is 21.5 Å². The van der Waals surface area contributed by atoms with Crippen LogP contribution in [0.4, 0.5) is 5.82 Å². The van der Waals surface area contributed by atoms with Crippen molar-refractivity contribution in [1.82, 2.24) is 14.8 Å². The van der Waals surface area contributed by atoms with Crippen LogP contribution in [0.2, 0.25) is 0 Å². The molecule has 0 aliphatic heterocycles. The number of benzene rings is 2. The van der Waals surface area contributed by atoms with Crippen LogP contribution in [-0.4, -0.2) is 20.7 Å². The number of nitrogens with zero attached hydrogens (tertiary/aromatic N) is 3. The molecule has 124 valence electrons. The van der Waals surface area contributed by atoms with Crippen molar-refractivity contribution in [2.75, 3.05) is 5.32 Å². The number of hydrogen-bond donors (Lipinski definition) is 1. The molecule has 0 fully saturated rings. The van der Waals surface area contributed by atoms with E-state index in [-0.39, 0.29) is 5.91 Å². The topological polar surface area (TPSA) is 59.8 Å². The van der Waals surface area contributed by atoms with E-state index in [0.717, 1.165) is 33.1 Å². The molecule has 1 N–H and O–H groups in total. The van der Waals surface area contributed by atoms with Gasteiger partial charge in [0.2, 0.25) is 0 Å². The zero-order valence-electron chi connectivity index (χ0n) is 14.4. The Hall–Kier alpha value is -3.21. The van der Waals surface area contributed by atoms with Crippen LogP contribution in [0.3, 0.4) is 0 Å². The lowest BCUT2D eigenvalue weighted by atomic mass is 10.1. The molecule has 0 saturated heterocycles. The fourth-order valence-corrected chi connectivity index (χ4v) is 3.07. The van der Waals surface area contributed by atoms with Gasteiger partial charge in [-0.3, -0.25) is 4.79 Å². The Labute approximate surface area is 145 Å². The summed E-state index contributed by atoms with van der Waals surface area (Å²) in [5.74, 6) is 0.355. The summed E-state index contributed by atoms with van der Waals surface area (Å²) in [6.45, 7) is 4.00. The SMILES string of the molecule is Cc1cccc(C(=O)Nc2nn(C)c3nc4c(C)cccc4cc23)c1. The summed E-state index contributed by atoms with van der Waals surface area (Å²) in [5, 5.41) is 9.24. The molecule has 5 nitrogen and oxygen atoms in total. The van der Waals surface area contributed by atoms with Gasteiger partial charge in [0, 0.05) is 18.0 Å². The van der Waals surface area contributed by atoms with Crippen LogP contribution in [0.5, 0.6) is 0 Å². The Morgan fingerprint density at radius 1 is 1.08 bits per heavy atom. The summed E-state index contributed by atoms with van der Waals surface area (Å²) in [6, 6.07) is 15.6. The van der Waals surface area contributed by atoms with E-state index in [0.29, 0.717) is 11.4 Å². The molecule has 1 amide bonds. The van der Waals surface area contributed by atoms with Gasteiger partial charge in [-0.2, -0.15) is 5.10 Å². The third-order valence-electron chi connectivity index (χ3n) is 4.35. The van der Waals surface area contributed by atoms with Crippen LogP contribution in [0, 0.1) is 13.8 Å². The number of carbonyl (C=O) groups excluding carboxylic acids is 1. The van der Waals surface area contributed by atoms with Crippen molar-refractivity contribution >= 4 is 33.7 Å². The average molecular weight is 330 g/mol. The van der Waals surface area contributed by atoms with Crippen molar-refractivity contribution in [1.29, 1.82) is 0 Å². The van der Waals surface area contributed by atoms with E-state index < -0.39 is 0 Å². The molecule has 5 heteroatoms. The summed E-state index contributed by atoms with van der Waals surface area (Å²) in [4.78, 5) is 17.3. The zero-order valence-corrected chi connectivity index (χ0v) is 14.4. The highest BCUT2D eigenvalue weighted by Gasteiger charge is 2.15. The number of hydrogen-bond acceptors (Lipinski definition) is 3. The maximum atomic E-state index is 12.6. The van der Waals surface area contributed by atoms with E-state index in [2.05, 4.69) is 10.4 Å². The third kappa shape index (κ3) is 2.63. The second-order valence-electron chi connectivity index (χ2n) is 6.30. The first kappa shape index (κ1) is 15.3. The van der Waals surface area contributed by atoms with Crippen molar-refractivity contribution in [2.45, 2.75) is 13.8 Å². The van der Waals surface area contributed by atoms with Gasteiger partial charge in [0.15, 0.2) is 11.5 Å². The molecule has 4 rings (SSSR count). The molecule has 0 radical (unpaired) electrons. The number of aryl methyl sites for hydroxylation is 3. The van der Waals surface area contributed by atoms with Gasteiger partial charge < -0.3 is 5.32 Å². The van der Waals surface area contributed by atoms with Gasteiger partial charge in [0.05, 0.1) is 10.9 Å². The van der Waals surface area contributed by atoms with Gasteiger partial charge in [0.25, 0.3) is 5.91 Å². The summed E-state index contributed by atoms with van der Waals surface area (Å²) < 4.78 is 1.70. The number of fused-ring (bicyclic) bond motifs is 2. The summed E-state index contributed by atoms with van der Waals surface area (Å²) in [7, 11) is 1.84. The number of aromatic nitrogens is 3. The fourth-order valence-electron chi connectivity index (χ4n) is 3.07. The lowest BCUT2D eigenvalue weighted by molar-refractivity contribution is 0.102. The second kappa shape index (κ2) is 5.70. The van der Waals surface area contributed by atoms with Gasteiger partial charge >= 0.3 is 0 Å². The summed E-state index contributed by atoms with van der Waals surface area (Å²) in [6.07, 6.45) is 0. The monoisotopic (exact) mass is 330 g/mol. The molecule has 25 heavy (non-hydrogen) atoms. The number of nitrogens with one attached hydrogen (secondary N) is 1. The van der Waals surface area contributed by atoms with Gasteiger partial charge in [-0.25, -0.2) is 9.67 Å². The second-order valence-corrected chi connectivity index (χ2v) is 6.30. The minimum Gasteiger partial charge on any atom is -0.305 e. The minimum atomic E-state index is -0.173. The van der Waals surface area contributed by atoms with Crippen LogP contribution in [0.15, 0.2) is 48.5 Å². The number of anilines is 1. The molecule has 2 aromatic heterocycles. The largest absolute Gasteiger partial charge is 0.305 e. The molecular weight excluding hydrogens is 312 g/mol. The van der Waals surface area contributed by atoms with Gasteiger partial charge in [-0.1, -0.05) is 35.9 Å². The van der Waals surface area contributed by atoms with Crippen LogP contribution < -0.4 is 5.32 Å². The van der Waals surface area contributed by atoms with E-state index in [1.807, 2.05) is 63.4 Å². The molecule has 0 aliphatic rings. The first-order chi connectivity index (χ1) is 12.0. The predicted octanol–water partition coefficient (Wildman–Crippen LogP) is 3.99. The first-order valence-electron chi connectivity index (χ1n) is 8.14. The number of amides is 1. The molecule has 0 atom stereocenters. The Balaban J connectivity index is 1.81. The highest BCUT2D eigenvalue weighted by molar-refractivity contribution is 6.09. The molecule has 2 heterocycles. The Morgan fingerprint density at radius 3 is 2.68 bits per heavy atom.